The van der Waals surface area contributed by atoms with Crippen LogP contribution in [0.25, 0.3) is 0 Å². The maximum atomic E-state index is 13.5. The molecular formula is C15H13FO3. The van der Waals surface area contributed by atoms with Crippen LogP contribution in [0.4, 0.5) is 4.39 Å². The first-order valence-electron chi connectivity index (χ1n) is 5.99. The summed E-state index contributed by atoms with van der Waals surface area (Å²) in [5.41, 5.74) is 1.72. The van der Waals surface area contributed by atoms with Gasteiger partial charge in [-0.1, -0.05) is 18.2 Å². The van der Waals surface area contributed by atoms with Gasteiger partial charge in [-0.25, -0.2) is 4.39 Å². The number of rotatable bonds is 2. The summed E-state index contributed by atoms with van der Waals surface area (Å²) >= 11 is 0. The highest BCUT2D eigenvalue weighted by Gasteiger charge is 2.18. The van der Waals surface area contributed by atoms with Gasteiger partial charge in [0, 0.05) is 0 Å². The molecule has 1 atom stereocenters. The maximum absolute atomic E-state index is 13.5. The molecule has 2 aromatic carbocycles. The van der Waals surface area contributed by atoms with Crippen molar-refractivity contribution in [3.8, 4) is 11.5 Å². The molecule has 1 aliphatic rings. The van der Waals surface area contributed by atoms with Crippen molar-refractivity contribution in [1.29, 1.82) is 0 Å². The zero-order valence-corrected chi connectivity index (χ0v) is 10.4. The SMILES string of the molecule is Cc1ccc(C(O)c2ccc3c(c2)OCO3)cc1F. The van der Waals surface area contributed by atoms with Crippen molar-refractivity contribution in [2.75, 3.05) is 6.79 Å². The molecule has 2 aromatic rings. The van der Waals surface area contributed by atoms with E-state index in [0.717, 1.165) is 0 Å². The smallest absolute Gasteiger partial charge is 0.231 e. The van der Waals surface area contributed by atoms with Gasteiger partial charge < -0.3 is 14.6 Å². The Morgan fingerprint density at radius 2 is 1.74 bits per heavy atom. The first-order valence-corrected chi connectivity index (χ1v) is 5.99. The van der Waals surface area contributed by atoms with Crippen LogP contribution in [-0.4, -0.2) is 11.9 Å². The van der Waals surface area contributed by atoms with Gasteiger partial charge in [0.2, 0.25) is 6.79 Å². The Morgan fingerprint density at radius 1 is 1.05 bits per heavy atom. The summed E-state index contributed by atoms with van der Waals surface area (Å²) in [6.45, 7) is 1.88. The fraction of sp³-hybridized carbons (Fsp3) is 0.200. The Balaban J connectivity index is 1.94. The molecule has 0 radical (unpaired) electrons. The molecule has 3 rings (SSSR count). The monoisotopic (exact) mass is 260 g/mol. The summed E-state index contributed by atoms with van der Waals surface area (Å²) in [4.78, 5) is 0. The van der Waals surface area contributed by atoms with Crippen LogP contribution in [0.5, 0.6) is 11.5 Å². The van der Waals surface area contributed by atoms with Crippen molar-refractivity contribution < 1.29 is 19.0 Å². The number of hydrogen-bond acceptors (Lipinski definition) is 3. The van der Waals surface area contributed by atoms with E-state index in [4.69, 9.17) is 9.47 Å². The first kappa shape index (κ1) is 12.0. The van der Waals surface area contributed by atoms with E-state index in [1.807, 2.05) is 0 Å². The third-order valence-corrected chi connectivity index (χ3v) is 3.22. The van der Waals surface area contributed by atoms with Crippen LogP contribution in [0.1, 0.15) is 22.8 Å². The van der Waals surface area contributed by atoms with Crippen LogP contribution in [0, 0.1) is 12.7 Å². The lowest BCUT2D eigenvalue weighted by Crippen LogP contribution is -2.00. The van der Waals surface area contributed by atoms with Crippen LogP contribution in [-0.2, 0) is 0 Å². The second kappa shape index (κ2) is 4.55. The highest BCUT2D eigenvalue weighted by Crippen LogP contribution is 2.35. The summed E-state index contributed by atoms with van der Waals surface area (Å²) in [6.07, 6.45) is -0.885. The molecule has 0 fully saturated rings. The van der Waals surface area contributed by atoms with Crippen LogP contribution in [0.15, 0.2) is 36.4 Å². The number of halogens is 1. The predicted octanol–water partition coefficient (Wildman–Crippen LogP) is 2.94. The summed E-state index contributed by atoms with van der Waals surface area (Å²) in [7, 11) is 0. The molecule has 3 nitrogen and oxygen atoms in total. The maximum Gasteiger partial charge on any atom is 0.231 e. The molecule has 98 valence electrons. The summed E-state index contributed by atoms with van der Waals surface area (Å²) in [6, 6.07) is 9.92. The second-order valence-corrected chi connectivity index (χ2v) is 4.52. The molecule has 0 spiro atoms. The van der Waals surface area contributed by atoms with Gasteiger partial charge in [0.05, 0.1) is 0 Å². The van der Waals surface area contributed by atoms with Crippen molar-refractivity contribution in [1.82, 2.24) is 0 Å². The first-order chi connectivity index (χ1) is 9.15. The summed E-state index contributed by atoms with van der Waals surface area (Å²) in [5.74, 6) is 0.937. The van der Waals surface area contributed by atoms with E-state index in [2.05, 4.69) is 0 Å². The Kier molecular flexibility index (Phi) is 2.87. The fourth-order valence-corrected chi connectivity index (χ4v) is 2.05. The second-order valence-electron chi connectivity index (χ2n) is 4.52. The largest absolute Gasteiger partial charge is 0.454 e. The number of aliphatic hydroxyl groups is 1. The van der Waals surface area contributed by atoms with Crippen molar-refractivity contribution >= 4 is 0 Å². The molecule has 1 unspecified atom stereocenters. The molecular weight excluding hydrogens is 247 g/mol. The predicted molar refractivity (Wildman–Crippen MR) is 67.8 cm³/mol. The lowest BCUT2D eigenvalue weighted by Gasteiger charge is -2.12. The molecule has 1 heterocycles. The molecule has 0 saturated heterocycles. The average molecular weight is 260 g/mol. The van der Waals surface area contributed by atoms with E-state index in [1.165, 1.54) is 6.07 Å². The minimum Gasteiger partial charge on any atom is -0.454 e. The number of fused-ring (bicyclic) bond motifs is 1. The normalized spacial score (nSPS) is 14.5. The van der Waals surface area contributed by atoms with Crippen LogP contribution in [0.2, 0.25) is 0 Å². The molecule has 0 amide bonds. The molecule has 4 heteroatoms. The molecule has 1 aliphatic heterocycles. The van der Waals surface area contributed by atoms with E-state index in [-0.39, 0.29) is 12.6 Å². The number of ether oxygens (including phenoxy) is 2. The summed E-state index contributed by atoms with van der Waals surface area (Å²) in [5, 5.41) is 10.3. The van der Waals surface area contributed by atoms with E-state index in [1.54, 1.807) is 37.3 Å². The van der Waals surface area contributed by atoms with E-state index in [9.17, 15) is 9.50 Å². The Hall–Kier alpha value is -2.07. The number of aliphatic hydroxyl groups excluding tert-OH is 1. The minimum atomic E-state index is -0.885. The average Bonchev–Trinajstić information content (AvgIpc) is 2.88. The standard InChI is InChI=1S/C15H13FO3/c1-9-2-3-10(6-12(9)16)15(17)11-4-5-13-14(7-11)19-8-18-13/h2-7,15,17H,8H2,1H3. The number of hydrogen-bond donors (Lipinski definition) is 1. The number of benzene rings is 2. The van der Waals surface area contributed by atoms with Crippen molar-refractivity contribution in [2.45, 2.75) is 13.0 Å². The van der Waals surface area contributed by atoms with Crippen molar-refractivity contribution in [3.05, 3.63) is 58.9 Å². The lowest BCUT2D eigenvalue weighted by molar-refractivity contribution is 0.173. The van der Waals surface area contributed by atoms with Gasteiger partial charge in [-0.05, 0) is 41.8 Å². The van der Waals surface area contributed by atoms with Crippen LogP contribution in [0.3, 0.4) is 0 Å². The highest BCUT2D eigenvalue weighted by molar-refractivity contribution is 5.46. The zero-order valence-electron chi connectivity index (χ0n) is 10.4. The van der Waals surface area contributed by atoms with Crippen LogP contribution < -0.4 is 9.47 Å². The van der Waals surface area contributed by atoms with Crippen molar-refractivity contribution in [3.63, 3.8) is 0 Å². The third-order valence-electron chi connectivity index (χ3n) is 3.22. The third kappa shape index (κ3) is 2.15. The molecule has 0 aromatic heterocycles. The topological polar surface area (TPSA) is 38.7 Å². The lowest BCUT2D eigenvalue weighted by atomic mass is 10.00. The van der Waals surface area contributed by atoms with E-state index >= 15 is 0 Å². The van der Waals surface area contributed by atoms with Crippen LogP contribution >= 0.6 is 0 Å². The Morgan fingerprint density at radius 3 is 2.53 bits per heavy atom. The molecule has 0 aliphatic carbocycles. The fourth-order valence-electron chi connectivity index (χ4n) is 2.05. The molecule has 19 heavy (non-hydrogen) atoms. The zero-order chi connectivity index (χ0) is 13.4. The quantitative estimate of drug-likeness (QED) is 0.902. The Labute approximate surface area is 110 Å². The molecule has 0 saturated carbocycles. The highest BCUT2D eigenvalue weighted by atomic mass is 19.1. The minimum absolute atomic E-state index is 0.189. The summed E-state index contributed by atoms with van der Waals surface area (Å²) < 4.78 is 24.0. The number of aryl methyl sites for hydroxylation is 1. The van der Waals surface area contributed by atoms with Gasteiger partial charge in [-0.3, -0.25) is 0 Å². The Bertz CT molecular complexity index is 625. The van der Waals surface area contributed by atoms with Gasteiger partial charge in [0.1, 0.15) is 11.9 Å². The van der Waals surface area contributed by atoms with Gasteiger partial charge in [-0.15, -0.1) is 0 Å². The van der Waals surface area contributed by atoms with Gasteiger partial charge >= 0.3 is 0 Å². The van der Waals surface area contributed by atoms with E-state index < -0.39 is 6.10 Å². The van der Waals surface area contributed by atoms with E-state index in [0.29, 0.717) is 28.2 Å². The van der Waals surface area contributed by atoms with Gasteiger partial charge in [-0.2, -0.15) is 0 Å². The van der Waals surface area contributed by atoms with Gasteiger partial charge in [0.25, 0.3) is 0 Å². The molecule has 0 bridgehead atoms. The van der Waals surface area contributed by atoms with Gasteiger partial charge in [0.15, 0.2) is 11.5 Å². The van der Waals surface area contributed by atoms with Crippen molar-refractivity contribution in [2.24, 2.45) is 0 Å². The molecule has 1 N–H and O–H groups in total.